The SMILES string of the molecule is Nc1cc(C=CCCl)ccc1OC(F)(F)F. The molecule has 1 rings (SSSR count). The highest BCUT2D eigenvalue weighted by Gasteiger charge is 2.31. The quantitative estimate of drug-likeness (QED) is 0.660. The van der Waals surface area contributed by atoms with Crippen LogP contribution in [0.25, 0.3) is 6.08 Å². The van der Waals surface area contributed by atoms with Crippen LogP contribution in [0.2, 0.25) is 0 Å². The fourth-order valence-corrected chi connectivity index (χ4v) is 1.16. The Bertz CT molecular complexity index is 390. The summed E-state index contributed by atoms with van der Waals surface area (Å²) in [5, 5.41) is 0. The lowest BCUT2D eigenvalue weighted by molar-refractivity contribution is -0.274. The summed E-state index contributed by atoms with van der Waals surface area (Å²) < 4.78 is 39.5. The van der Waals surface area contributed by atoms with E-state index in [2.05, 4.69) is 4.74 Å². The van der Waals surface area contributed by atoms with Crippen LogP contribution in [0.15, 0.2) is 24.3 Å². The molecule has 0 aliphatic carbocycles. The van der Waals surface area contributed by atoms with Crippen molar-refractivity contribution >= 4 is 23.4 Å². The molecule has 0 aromatic heterocycles. The molecule has 0 aliphatic heterocycles. The van der Waals surface area contributed by atoms with Gasteiger partial charge in [0.15, 0.2) is 5.75 Å². The summed E-state index contributed by atoms with van der Waals surface area (Å²) in [7, 11) is 0. The van der Waals surface area contributed by atoms with Crippen LogP contribution in [-0.2, 0) is 0 Å². The number of nitrogens with two attached hydrogens (primary N) is 1. The third-order valence-corrected chi connectivity index (χ3v) is 1.84. The molecule has 0 heterocycles. The summed E-state index contributed by atoms with van der Waals surface area (Å²) in [6.45, 7) is 0. The Balaban J connectivity index is 2.87. The summed E-state index contributed by atoms with van der Waals surface area (Å²) in [4.78, 5) is 0. The fourth-order valence-electron chi connectivity index (χ4n) is 1.07. The van der Waals surface area contributed by atoms with Crippen molar-refractivity contribution in [1.82, 2.24) is 0 Å². The Labute approximate surface area is 95.5 Å². The standard InChI is InChI=1S/C10H9ClF3NO/c11-5-1-2-7-3-4-9(8(15)6-7)16-10(12,13)14/h1-4,6H,5,15H2. The fraction of sp³-hybridized carbons (Fsp3) is 0.200. The van der Waals surface area contributed by atoms with Gasteiger partial charge in [0.25, 0.3) is 0 Å². The van der Waals surface area contributed by atoms with Gasteiger partial charge in [-0.25, -0.2) is 0 Å². The average molecular weight is 252 g/mol. The monoisotopic (exact) mass is 251 g/mol. The summed E-state index contributed by atoms with van der Waals surface area (Å²) in [6.07, 6.45) is -1.43. The zero-order valence-corrected chi connectivity index (χ0v) is 8.85. The van der Waals surface area contributed by atoms with Crippen molar-refractivity contribution in [3.8, 4) is 5.75 Å². The van der Waals surface area contributed by atoms with Crippen LogP contribution in [0.1, 0.15) is 5.56 Å². The van der Waals surface area contributed by atoms with E-state index in [0.29, 0.717) is 11.4 Å². The Kier molecular flexibility index (Phi) is 4.06. The minimum absolute atomic E-state index is 0.0750. The van der Waals surface area contributed by atoms with Gasteiger partial charge in [0, 0.05) is 5.88 Å². The number of halogens is 4. The van der Waals surface area contributed by atoms with Gasteiger partial charge in [0.1, 0.15) is 0 Å². The minimum Gasteiger partial charge on any atom is -0.404 e. The molecule has 16 heavy (non-hydrogen) atoms. The number of rotatable bonds is 3. The van der Waals surface area contributed by atoms with Gasteiger partial charge in [-0.1, -0.05) is 18.2 Å². The Morgan fingerprint density at radius 3 is 2.56 bits per heavy atom. The molecule has 88 valence electrons. The van der Waals surface area contributed by atoms with Crippen LogP contribution in [0.3, 0.4) is 0 Å². The first-order valence-corrected chi connectivity index (χ1v) is 4.83. The number of hydrogen-bond donors (Lipinski definition) is 1. The molecular formula is C10H9ClF3NO. The lowest BCUT2D eigenvalue weighted by atomic mass is 10.2. The molecule has 0 amide bonds. The number of alkyl halides is 4. The van der Waals surface area contributed by atoms with E-state index in [0.717, 1.165) is 6.07 Å². The minimum atomic E-state index is -4.73. The van der Waals surface area contributed by atoms with E-state index >= 15 is 0 Å². The number of allylic oxidation sites excluding steroid dienone is 1. The topological polar surface area (TPSA) is 35.2 Å². The van der Waals surface area contributed by atoms with E-state index in [4.69, 9.17) is 17.3 Å². The third kappa shape index (κ3) is 4.02. The number of ether oxygens (including phenoxy) is 1. The first-order chi connectivity index (χ1) is 7.42. The Hall–Kier alpha value is -1.36. The van der Waals surface area contributed by atoms with Crippen molar-refractivity contribution in [3.05, 3.63) is 29.8 Å². The van der Waals surface area contributed by atoms with E-state index in [1.807, 2.05) is 0 Å². The van der Waals surface area contributed by atoms with Crippen molar-refractivity contribution < 1.29 is 17.9 Å². The second kappa shape index (κ2) is 5.12. The highest BCUT2D eigenvalue weighted by molar-refractivity contribution is 6.19. The first-order valence-electron chi connectivity index (χ1n) is 4.30. The molecular weight excluding hydrogens is 243 g/mol. The van der Waals surface area contributed by atoms with E-state index in [9.17, 15) is 13.2 Å². The molecule has 1 aromatic rings. The van der Waals surface area contributed by atoms with Crippen molar-refractivity contribution in [2.75, 3.05) is 11.6 Å². The van der Waals surface area contributed by atoms with Gasteiger partial charge in [-0.2, -0.15) is 0 Å². The largest absolute Gasteiger partial charge is 0.573 e. The van der Waals surface area contributed by atoms with Crippen molar-refractivity contribution in [3.63, 3.8) is 0 Å². The van der Waals surface area contributed by atoms with Gasteiger partial charge in [-0.15, -0.1) is 24.8 Å². The number of nitrogen functional groups attached to an aromatic ring is 1. The maximum atomic E-state index is 11.9. The summed E-state index contributed by atoms with van der Waals surface area (Å²) in [5.74, 6) is -0.0868. The lowest BCUT2D eigenvalue weighted by Crippen LogP contribution is -2.18. The van der Waals surface area contributed by atoms with Crippen LogP contribution in [0.5, 0.6) is 5.75 Å². The molecule has 2 N–H and O–H groups in total. The Morgan fingerprint density at radius 1 is 1.38 bits per heavy atom. The van der Waals surface area contributed by atoms with Crippen LogP contribution in [-0.4, -0.2) is 12.2 Å². The molecule has 1 aromatic carbocycles. The van der Waals surface area contributed by atoms with Gasteiger partial charge >= 0.3 is 6.36 Å². The molecule has 0 saturated carbocycles. The smallest absolute Gasteiger partial charge is 0.404 e. The zero-order valence-electron chi connectivity index (χ0n) is 8.09. The van der Waals surface area contributed by atoms with E-state index in [1.54, 1.807) is 12.2 Å². The van der Waals surface area contributed by atoms with Crippen molar-refractivity contribution in [2.24, 2.45) is 0 Å². The van der Waals surface area contributed by atoms with E-state index in [1.165, 1.54) is 12.1 Å². The summed E-state index contributed by atoms with van der Waals surface area (Å²) >= 11 is 5.42. The molecule has 0 bridgehead atoms. The Morgan fingerprint density at radius 2 is 2.06 bits per heavy atom. The summed E-state index contributed by atoms with van der Waals surface area (Å²) in [6, 6.07) is 4.00. The van der Waals surface area contributed by atoms with Gasteiger partial charge in [-0.3, -0.25) is 0 Å². The van der Waals surface area contributed by atoms with Crippen LogP contribution in [0.4, 0.5) is 18.9 Å². The van der Waals surface area contributed by atoms with Gasteiger partial charge in [0.2, 0.25) is 0 Å². The second-order valence-electron chi connectivity index (χ2n) is 2.90. The average Bonchev–Trinajstić information content (AvgIpc) is 2.17. The predicted octanol–water partition coefficient (Wildman–Crippen LogP) is 3.42. The number of hydrogen-bond acceptors (Lipinski definition) is 2. The molecule has 0 saturated heterocycles. The molecule has 0 fully saturated rings. The van der Waals surface area contributed by atoms with Crippen LogP contribution < -0.4 is 10.5 Å². The maximum absolute atomic E-state index is 11.9. The summed E-state index contributed by atoms with van der Waals surface area (Å²) in [5.41, 5.74) is 5.99. The van der Waals surface area contributed by atoms with Crippen molar-refractivity contribution in [2.45, 2.75) is 6.36 Å². The third-order valence-electron chi connectivity index (χ3n) is 1.66. The van der Waals surface area contributed by atoms with E-state index in [-0.39, 0.29) is 5.69 Å². The van der Waals surface area contributed by atoms with Crippen LogP contribution in [0, 0.1) is 0 Å². The first kappa shape index (κ1) is 12.7. The van der Waals surface area contributed by atoms with Gasteiger partial charge in [-0.05, 0) is 17.7 Å². The maximum Gasteiger partial charge on any atom is 0.573 e. The zero-order chi connectivity index (χ0) is 12.2. The lowest BCUT2D eigenvalue weighted by Gasteiger charge is -2.11. The molecule has 0 aliphatic rings. The molecule has 2 nitrogen and oxygen atoms in total. The molecule has 0 spiro atoms. The molecule has 6 heteroatoms. The highest BCUT2D eigenvalue weighted by atomic mass is 35.5. The van der Waals surface area contributed by atoms with Crippen LogP contribution >= 0.6 is 11.6 Å². The van der Waals surface area contributed by atoms with Crippen molar-refractivity contribution in [1.29, 1.82) is 0 Å². The number of benzene rings is 1. The highest BCUT2D eigenvalue weighted by Crippen LogP contribution is 2.29. The molecule has 0 radical (unpaired) electrons. The number of anilines is 1. The van der Waals surface area contributed by atoms with E-state index < -0.39 is 12.1 Å². The van der Waals surface area contributed by atoms with Gasteiger partial charge < -0.3 is 10.5 Å². The van der Waals surface area contributed by atoms with Gasteiger partial charge in [0.05, 0.1) is 5.69 Å². The second-order valence-corrected chi connectivity index (χ2v) is 3.21. The molecule has 0 unspecified atom stereocenters. The predicted molar refractivity (Wildman–Crippen MR) is 57.3 cm³/mol. The molecule has 0 atom stereocenters. The normalized spacial score (nSPS) is 12.0.